The molecular formula is C13H19N3O2S2. The van der Waals surface area contributed by atoms with E-state index in [0.29, 0.717) is 21.7 Å². The highest BCUT2D eigenvalue weighted by Crippen LogP contribution is 2.23. The van der Waals surface area contributed by atoms with Crippen LogP contribution in [0.5, 0.6) is 0 Å². The zero-order chi connectivity index (χ0) is 14.5. The molecule has 2 rings (SSSR count). The molecule has 0 spiro atoms. The van der Waals surface area contributed by atoms with Crippen molar-refractivity contribution in [1.29, 1.82) is 0 Å². The smallest absolute Gasteiger partial charge is 0.350 e. The van der Waals surface area contributed by atoms with E-state index in [1.807, 2.05) is 11.4 Å². The first-order valence-electron chi connectivity index (χ1n) is 6.52. The number of methoxy groups -OCH3 is 1. The van der Waals surface area contributed by atoms with Crippen molar-refractivity contribution in [2.45, 2.75) is 18.9 Å². The maximum atomic E-state index is 11.6. The summed E-state index contributed by atoms with van der Waals surface area (Å²) in [5.41, 5.74) is 0.701. The Hall–Kier alpha value is -1.18. The van der Waals surface area contributed by atoms with Gasteiger partial charge in [0.05, 0.1) is 12.8 Å². The van der Waals surface area contributed by atoms with E-state index >= 15 is 0 Å². The molecule has 0 amide bonds. The number of piperidine rings is 1. The molecule has 7 heteroatoms. The third kappa shape index (κ3) is 3.91. The summed E-state index contributed by atoms with van der Waals surface area (Å²) in [7, 11) is 3.50. The summed E-state index contributed by atoms with van der Waals surface area (Å²) in [4.78, 5) is 14.4. The van der Waals surface area contributed by atoms with Gasteiger partial charge in [-0.2, -0.15) is 0 Å². The third-order valence-electron chi connectivity index (χ3n) is 3.34. The van der Waals surface area contributed by atoms with Gasteiger partial charge in [0, 0.05) is 6.04 Å². The highest BCUT2D eigenvalue weighted by atomic mass is 32.1. The quantitative estimate of drug-likeness (QED) is 0.657. The second-order valence-electron chi connectivity index (χ2n) is 4.83. The van der Waals surface area contributed by atoms with Crippen molar-refractivity contribution in [2.75, 3.05) is 32.6 Å². The van der Waals surface area contributed by atoms with Crippen molar-refractivity contribution >= 4 is 40.3 Å². The molecule has 2 N–H and O–H groups in total. The topological polar surface area (TPSA) is 53.6 Å². The van der Waals surface area contributed by atoms with Crippen LogP contribution in [0.4, 0.5) is 5.69 Å². The van der Waals surface area contributed by atoms with Crippen LogP contribution in [-0.2, 0) is 4.74 Å². The van der Waals surface area contributed by atoms with Crippen molar-refractivity contribution in [3.8, 4) is 0 Å². The number of hydrogen-bond donors (Lipinski definition) is 2. The molecule has 1 aliphatic heterocycles. The van der Waals surface area contributed by atoms with Crippen LogP contribution in [0.3, 0.4) is 0 Å². The fraction of sp³-hybridized carbons (Fsp3) is 0.538. The van der Waals surface area contributed by atoms with Gasteiger partial charge in [-0.1, -0.05) is 0 Å². The Morgan fingerprint density at radius 3 is 2.85 bits per heavy atom. The van der Waals surface area contributed by atoms with Gasteiger partial charge in [-0.15, -0.1) is 11.3 Å². The van der Waals surface area contributed by atoms with E-state index in [-0.39, 0.29) is 5.97 Å². The number of carbonyl (C=O) groups is 1. The molecule has 0 saturated carbocycles. The summed E-state index contributed by atoms with van der Waals surface area (Å²) < 4.78 is 4.74. The monoisotopic (exact) mass is 313 g/mol. The first-order chi connectivity index (χ1) is 9.60. The van der Waals surface area contributed by atoms with Gasteiger partial charge in [-0.05, 0) is 56.6 Å². The van der Waals surface area contributed by atoms with Gasteiger partial charge >= 0.3 is 5.97 Å². The Bertz CT molecular complexity index is 482. The lowest BCUT2D eigenvalue weighted by Gasteiger charge is -2.30. The van der Waals surface area contributed by atoms with Crippen molar-refractivity contribution in [3.63, 3.8) is 0 Å². The summed E-state index contributed by atoms with van der Waals surface area (Å²) in [6.07, 6.45) is 2.15. The Kier molecular flexibility index (Phi) is 5.33. The molecule has 0 atom stereocenters. The number of hydrogen-bond acceptors (Lipinski definition) is 5. The van der Waals surface area contributed by atoms with E-state index in [2.05, 4.69) is 22.6 Å². The fourth-order valence-corrected chi connectivity index (χ4v) is 3.20. The number of esters is 1. The summed E-state index contributed by atoms with van der Waals surface area (Å²) in [5.74, 6) is -0.343. The molecule has 20 heavy (non-hydrogen) atoms. The number of thiophene rings is 1. The lowest BCUT2D eigenvalue weighted by Crippen LogP contribution is -2.44. The summed E-state index contributed by atoms with van der Waals surface area (Å²) >= 11 is 6.65. The van der Waals surface area contributed by atoms with Gasteiger partial charge in [0.1, 0.15) is 4.88 Å². The zero-order valence-corrected chi connectivity index (χ0v) is 13.3. The molecule has 110 valence electrons. The van der Waals surface area contributed by atoms with Crippen LogP contribution in [0.2, 0.25) is 0 Å². The van der Waals surface area contributed by atoms with E-state index in [1.165, 1.54) is 18.4 Å². The number of likely N-dealkylation sites (tertiary alicyclic amines) is 1. The molecule has 2 heterocycles. The number of thiocarbonyl (C=S) groups is 1. The van der Waals surface area contributed by atoms with Gasteiger partial charge in [0.2, 0.25) is 0 Å². The summed E-state index contributed by atoms with van der Waals surface area (Å²) in [5, 5.41) is 8.79. The maximum Gasteiger partial charge on any atom is 0.350 e. The molecule has 0 aromatic carbocycles. The third-order valence-corrected chi connectivity index (χ3v) is 4.45. The Morgan fingerprint density at radius 2 is 2.20 bits per heavy atom. The van der Waals surface area contributed by atoms with Crippen LogP contribution in [0, 0.1) is 0 Å². The fourth-order valence-electron chi connectivity index (χ4n) is 2.16. The number of carbonyl (C=O) groups excluding carboxylic acids is 1. The highest BCUT2D eigenvalue weighted by molar-refractivity contribution is 7.80. The molecule has 0 radical (unpaired) electrons. The van der Waals surface area contributed by atoms with Crippen LogP contribution in [-0.4, -0.2) is 49.3 Å². The maximum absolute atomic E-state index is 11.6. The normalized spacial score (nSPS) is 16.7. The number of rotatable bonds is 3. The largest absolute Gasteiger partial charge is 0.465 e. The molecule has 0 unspecified atom stereocenters. The average molecular weight is 313 g/mol. The number of nitrogens with one attached hydrogen (secondary N) is 2. The molecule has 1 saturated heterocycles. The minimum atomic E-state index is -0.343. The van der Waals surface area contributed by atoms with Crippen LogP contribution in [0.25, 0.3) is 0 Å². The van der Waals surface area contributed by atoms with Crippen molar-refractivity contribution in [1.82, 2.24) is 10.2 Å². The molecule has 1 aromatic heterocycles. The Labute approximate surface area is 128 Å². The molecular weight excluding hydrogens is 294 g/mol. The molecule has 0 bridgehead atoms. The van der Waals surface area contributed by atoms with Crippen LogP contribution in [0.1, 0.15) is 22.5 Å². The van der Waals surface area contributed by atoms with E-state index < -0.39 is 0 Å². The van der Waals surface area contributed by atoms with Gasteiger partial charge in [0.15, 0.2) is 5.11 Å². The number of ether oxygens (including phenoxy) is 1. The average Bonchev–Trinajstić information content (AvgIpc) is 2.88. The molecule has 5 nitrogen and oxygen atoms in total. The lowest BCUT2D eigenvalue weighted by atomic mass is 10.1. The number of anilines is 1. The minimum absolute atomic E-state index is 0.343. The van der Waals surface area contributed by atoms with E-state index in [0.717, 1.165) is 25.9 Å². The number of nitrogens with zero attached hydrogens (tertiary/aromatic N) is 1. The second kappa shape index (κ2) is 7.01. The first-order valence-corrected chi connectivity index (χ1v) is 7.81. The van der Waals surface area contributed by atoms with Crippen molar-refractivity contribution in [3.05, 3.63) is 16.3 Å². The highest BCUT2D eigenvalue weighted by Gasteiger charge is 2.18. The van der Waals surface area contributed by atoms with Gasteiger partial charge in [-0.3, -0.25) is 0 Å². The van der Waals surface area contributed by atoms with Crippen molar-refractivity contribution in [2.24, 2.45) is 0 Å². The predicted molar refractivity (Wildman–Crippen MR) is 85.5 cm³/mol. The Morgan fingerprint density at radius 1 is 1.50 bits per heavy atom. The van der Waals surface area contributed by atoms with Gasteiger partial charge in [0.25, 0.3) is 0 Å². The predicted octanol–water partition coefficient (Wildman–Crippen LogP) is 1.92. The summed E-state index contributed by atoms with van der Waals surface area (Å²) in [6.45, 7) is 2.15. The van der Waals surface area contributed by atoms with E-state index in [9.17, 15) is 4.79 Å². The van der Waals surface area contributed by atoms with E-state index in [1.54, 1.807) is 0 Å². The zero-order valence-electron chi connectivity index (χ0n) is 11.6. The standard InChI is InChI=1S/C13H19N3O2S2/c1-16-6-3-9(4-7-16)14-13(19)15-10-5-8-20-11(10)12(17)18-2/h5,8-9H,3-4,6-7H2,1-2H3,(H2,14,15,19). The van der Waals surface area contributed by atoms with Crippen LogP contribution in [0.15, 0.2) is 11.4 Å². The molecule has 1 aliphatic rings. The molecule has 1 aromatic rings. The lowest BCUT2D eigenvalue weighted by molar-refractivity contribution is 0.0607. The molecule has 1 fully saturated rings. The van der Waals surface area contributed by atoms with E-state index in [4.69, 9.17) is 17.0 Å². The first kappa shape index (κ1) is 15.2. The van der Waals surface area contributed by atoms with Gasteiger partial charge in [-0.25, -0.2) is 4.79 Å². The molecule has 0 aliphatic carbocycles. The SMILES string of the molecule is COC(=O)c1sccc1NC(=S)NC1CCN(C)CC1. The van der Waals surface area contributed by atoms with Gasteiger partial charge < -0.3 is 20.3 Å². The second-order valence-corrected chi connectivity index (χ2v) is 6.16. The Balaban J connectivity index is 1.88. The summed E-state index contributed by atoms with van der Waals surface area (Å²) in [6, 6.07) is 2.23. The van der Waals surface area contributed by atoms with Crippen LogP contribution >= 0.6 is 23.6 Å². The van der Waals surface area contributed by atoms with Crippen molar-refractivity contribution < 1.29 is 9.53 Å². The minimum Gasteiger partial charge on any atom is -0.465 e. The van der Waals surface area contributed by atoms with Crippen LogP contribution < -0.4 is 10.6 Å².